The van der Waals surface area contributed by atoms with Gasteiger partial charge in [-0.15, -0.1) is 0 Å². The summed E-state index contributed by atoms with van der Waals surface area (Å²) in [4.78, 5) is 24.6. The van der Waals surface area contributed by atoms with Gasteiger partial charge in [0.1, 0.15) is 18.2 Å². The molecule has 0 radical (unpaired) electrons. The molecule has 1 fully saturated rings. The normalized spacial score (nSPS) is 16.3. The number of phenolic OH excluding ortho intramolecular Hbond substituents is 1. The third-order valence-electron chi connectivity index (χ3n) is 5.89. The van der Waals surface area contributed by atoms with Crippen LogP contribution in [0.4, 0.5) is 11.5 Å². The summed E-state index contributed by atoms with van der Waals surface area (Å²) in [6.45, 7) is 4.88. The lowest BCUT2D eigenvalue weighted by atomic mass is 10.0. The maximum absolute atomic E-state index is 10.8. The Labute approximate surface area is 180 Å². The molecule has 2 aliphatic rings. The van der Waals surface area contributed by atoms with E-state index in [1.165, 1.54) is 0 Å². The van der Waals surface area contributed by atoms with E-state index in [9.17, 15) is 9.90 Å². The second-order valence-electron chi connectivity index (χ2n) is 7.83. The van der Waals surface area contributed by atoms with Crippen molar-refractivity contribution in [2.45, 2.75) is 13.0 Å². The highest BCUT2D eigenvalue weighted by Gasteiger charge is 2.27. The second-order valence-corrected chi connectivity index (χ2v) is 7.83. The van der Waals surface area contributed by atoms with Crippen LogP contribution < -0.4 is 19.9 Å². The van der Waals surface area contributed by atoms with Crippen molar-refractivity contribution in [1.82, 2.24) is 15.3 Å². The first kappa shape index (κ1) is 19.6. The molecule has 0 bridgehead atoms. The van der Waals surface area contributed by atoms with Gasteiger partial charge >= 0.3 is 6.01 Å². The van der Waals surface area contributed by atoms with Crippen molar-refractivity contribution in [3.8, 4) is 11.8 Å². The highest BCUT2D eigenvalue weighted by atomic mass is 16.5. The monoisotopic (exact) mass is 419 g/mol. The number of anilines is 2. The number of fused-ring (bicyclic) bond motifs is 2. The van der Waals surface area contributed by atoms with Crippen LogP contribution >= 0.6 is 0 Å². The quantitative estimate of drug-likeness (QED) is 0.606. The van der Waals surface area contributed by atoms with Crippen LogP contribution in [0, 0.1) is 0 Å². The summed E-state index contributed by atoms with van der Waals surface area (Å²) in [5.41, 5.74) is 3.03. The molecule has 0 spiro atoms. The molecule has 1 aromatic heterocycles. The lowest BCUT2D eigenvalue weighted by Gasteiger charge is -2.35. The van der Waals surface area contributed by atoms with Gasteiger partial charge in [-0.25, -0.2) is 0 Å². The SMILES string of the molecule is O=CCOc1nc2c(c(N3CCNCC3)n1)CCN(c1cc(O)cc3ccccc13)C2. The molecule has 2 N–H and O–H groups in total. The molecular formula is C23H25N5O3. The van der Waals surface area contributed by atoms with Crippen molar-refractivity contribution in [3.63, 3.8) is 0 Å². The van der Waals surface area contributed by atoms with E-state index in [1.54, 1.807) is 6.07 Å². The summed E-state index contributed by atoms with van der Waals surface area (Å²) < 4.78 is 5.49. The predicted molar refractivity (Wildman–Crippen MR) is 119 cm³/mol. The van der Waals surface area contributed by atoms with Crippen molar-refractivity contribution in [2.24, 2.45) is 0 Å². The highest BCUT2D eigenvalue weighted by Crippen LogP contribution is 2.36. The average molecular weight is 419 g/mol. The molecule has 8 nitrogen and oxygen atoms in total. The Morgan fingerprint density at radius 2 is 1.94 bits per heavy atom. The summed E-state index contributed by atoms with van der Waals surface area (Å²) in [7, 11) is 0. The van der Waals surface area contributed by atoms with Gasteiger partial charge in [-0.1, -0.05) is 24.3 Å². The van der Waals surface area contributed by atoms with Gasteiger partial charge < -0.3 is 25.0 Å². The number of carbonyl (C=O) groups excluding carboxylic acids is 1. The zero-order valence-corrected chi connectivity index (χ0v) is 17.3. The summed E-state index contributed by atoms with van der Waals surface area (Å²) in [5, 5.41) is 15.7. The van der Waals surface area contributed by atoms with Gasteiger partial charge in [-0.3, -0.25) is 4.79 Å². The zero-order valence-electron chi connectivity index (χ0n) is 17.3. The fourth-order valence-corrected chi connectivity index (χ4v) is 4.44. The number of aldehydes is 1. The fraction of sp³-hybridized carbons (Fsp3) is 0.348. The third kappa shape index (κ3) is 3.86. The van der Waals surface area contributed by atoms with Crippen LogP contribution in [0.25, 0.3) is 10.8 Å². The van der Waals surface area contributed by atoms with Gasteiger partial charge in [0.05, 0.1) is 12.2 Å². The number of piperazine rings is 1. The van der Waals surface area contributed by atoms with Crippen LogP contribution in [0.15, 0.2) is 36.4 Å². The van der Waals surface area contributed by atoms with E-state index in [0.29, 0.717) is 12.8 Å². The number of phenols is 1. The first-order valence-electron chi connectivity index (χ1n) is 10.6. The smallest absolute Gasteiger partial charge is 0.319 e. The van der Waals surface area contributed by atoms with Crippen molar-refractivity contribution in [2.75, 3.05) is 49.1 Å². The topological polar surface area (TPSA) is 90.8 Å². The van der Waals surface area contributed by atoms with Crippen LogP contribution in [0.1, 0.15) is 11.3 Å². The number of hydrogen-bond acceptors (Lipinski definition) is 8. The molecule has 3 aromatic rings. The van der Waals surface area contributed by atoms with E-state index in [4.69, 9.17) is 4.74 Å². The van der Waals surface area contributed by atoms with Crippen LogP contribution in [-0.2, 0) is 17.8 Å². The summed E-state index contributed by atoms with van der Waals surface area (Å²) in [6, 6.07) is 11.9. The number of ether oxygens (including phenoxy) is 1. The Bertz CT molecular complexity index is 1110. The van der Waals surface area contributed by atoms with E-state index in [2.05, 4.69) is 31.2 Å². The summed E-state index contributed by atoms with van der Waals surface area (Å²) >= 11 is 0. The van der Waals surface area contributed by atoms with Gasteiger partial charge in [0.25, 0.3) is 0 Å². The molecule has 3 heterocycles. The van der Waals surface area contributed by atoms with Gasteiger partial charge in [0.2, 0.25) is 0 Å². The number of aromatic nitrogens is 2. The van der Waals surface area contributed by atoms with Crippen molar-refractivity contribution < 1.29 is 14.6 Å². The minimum atomic E-state index is -0.0688. The Balaban J connectivity index is 1.54. The molecular weight excluding hydrogens is 394 g/mol. The number of hydrogen-bond donors (Lipinski definition) is 2. The lowest BCUT2D eigenvalue weighted by Crippen LogP contribution is -2.45. The van der Waals surface area contributed by atoms with Gasteiger partial charge in [-0.05, 0) is 17.9 Å². The Hall–Kier alpha value is -3.39. The number of carbonyl (C=O) groups is 1. The molecule has 0 unspecified atom stereocenters. The highest BCUT2D eigenvalue weighted by molar-refractivity contribution is 5.95. The molecule has 0 amide bonds. The van der Waals surface area contributed by atoms with Crippen LogP contribution in [0.5, 0.6) is 11.8 Å². The lowest BCUT2D eigenvalue weighted by molar-refractivity contribution is -0.109. The molecule has 160 valence electrons. The fourth-order valence-electron chi connectivity index (χ4n) is 4.44. The first-order chi connectivity index (χ1) is 15.2. The minimum Gasteiger partial charge on any atom is -0.508 e. The van der Waals surface area contributed by atoms with E-state index in [0.717, 1.165) is 72.7 Å². The second kappa shape index (κ2) is 8.39. The number of nitrogens with one attached hydrogen (secondary N) is 1. The zero-order chi connectivity index (χ0) is 21.2. The maximum Gasteiger partial charge on any atom is 0.319 e. The van der Waals surface area contributed by atoms with E-state index < -0.39 is 0 Å². The molecule has 0 aliphatic carbocycles. The number of rotatable bonds is 5. The first-order valence-corrected chi connectivity index (χ1v) is 10.6. The Morgan fingerprint density at radius 3 is 2.77 bits per heavy atom. The van der Waals surface area contributed by atoms with Crippen LogP contribution in [-0.4, -0.2) is 60.7 Å². The molecule has 31 heavy (non-hydrogen) atoms. The van der Waals surface area contributed by atoms with Crippen molar-refractivity contribution in [3.05, 3.63) is 47.7 Å². The predicted octanol–water partition coefficient (Wildman–Crippen LogP) is 1.89. The standard InChI is InChI=1S/C23H25N5O3/c29-11-12-31-23-25-20-15-28(21-14-17(30)13-16-3-1-2-4-18(16)21)8-5-19(20)22(26-23)27-9-6-24-7-10-27/h1-4,11,13-14,24,30H,5-10,12,15H2. The van der Waals surface area contributed by atoms with E-state index in [-0.39, 0.29) is 18.4 Å². The minimum absolute atomic E-state index is 0.0688. The van der Waals surface area contributed by atoms with Gasteiger partial charge in [0.15, 0.2) is 6.29 Å². The van der Waals surface area contributed by atoms with Crippen molar-refractivity contribution >= 4 is 28.6 Å². The van der Waals surface area contributed by atoms with Crippen LogP contribution in [0.2, 0.25) is 0 Å². The molecule has 1 saturated heterocycles. The average Bonchev–Trinajstić information content (AvgIpc) is 2.81. The maximum atomic E-state index is 10.8. The summed E-state index contributed by atoms with van der Waals surface area (Å²) in [6.07, 6.45) is 1.50. The summed E-state index contributed by atoms with van der Waals surface area (Å²) in [5.74, 6) is 1.16. The molecule has 8 heteroatoms. The molecule has 0 atom stereocenters. The Kier molecular flexibility index (Phi) is 5.30. The molecule has 0 saturated carbocycles. The molecule has 2 aromatic carbocycles. The van der Waals surface area contributed by atoms with Gasteiger partial charge in [0, 0.05) is 55.4 Å². The third-order valence-corrected chi connectivity index (χ3v) is 5.89. The Morgan fingerprint density at radius 1 is 1.10 bits per heavy atom. The number of aromatic hydroxyl groups is 1. The molecule has 2 aliphatic heterocycles. The molecule has 5 rings (SSSR count). The number of benzene rings is 2. The van der Waals surface area contributed by atoms with E-state index >= 15 is 0 Å². The van der Waals surface area contributed by atoms with Crippen molar-refractivity contribution in [1.29, 1.82) is 0 Å². The van der Waals surface area contributed by atoms with Gasteiger partial charge in [-0.2, -0.15) is 9.97 Å². The largest absolute Gasteiger partial charge is 0.508 e. The van der Waals surface area contributed by atoms with Crippen LogP contribution in [0.3, 0.4) is 0 Å². The van der Waals surface area contributed by atoms with E-state index in [1.807, 2.05) is 24.3 Å². The number of nitrogens with zero attached hydrogens (tertiary/aromatic N) is 4.